The molecule has 8 nitrogen and oxygen atoms in total. The zero-order chi connectivity index (χ0) is 18.0. The van der Waals surface area contributed by atoms with Crippen molar-refractivity contribution < 1.29 is 9.59 Å². The molecule has 2 aromatic heterocycles. The van der Waals surface area contributed by atoms with Gasteiger partial charge in [0.1, 0.15) is 0 Å². The second kappa shape index (κ2) is 7.08. The summed E-state index contributed by atoms with van der Waals surface area (Å²) < 4.78 is 3.75. The van der Waals surface area contributed by atoms with E-state index in [0.717, 1.165) is 30.8 Å². The second-order valence-corrected chi connectivity index (χ2v) is 6.37. The lowest BCUT2D eigenvalue weighted by Crippen LogP contribution is -2.44. The Morgan fingerprint density at radius 2 is 2.16 bits per heavy atom. The highest BCUT2D eigenvalue weighted by atomic mass is 16.2. The predicted molar refractivity (Wildman–Crippen MR) is 93.0 cm³/mol. The first-order valence-electron chi connectivity index (χ1n) is 8.63. The van der Waals surface area contributed by atoms with Gasteiger partial charge in [0.15, 0.2) is 0 Å². The molecule has 0 aliphatic carbocycles. The van der Waals surface area contributed by atoms with Crippen LogP contribution < -0.4 is 5.32 Å². The second-order valence-electron chi connectivity index (χ2n) is 6.37. The van der Waals surface area contributed by atoms with Crippen LogP contribution in [0.3, 0.4) is 0 Å². The number of likely N-dealkylation sites (tertiary alicyclic amines) is 1. The molecule has 1 unspecified atom stereocenters. The Bertz CT molecular complexity index is 764. The Morgan fingerprint density at radius 1 is 1.36 bits per heavy atom. The number of aryl methyl sites for hydroxylation is 2. The first-order valence-corrected chi connectivity index (χ1v) is 8.63. The average molecular weight is 344 g/mol. The van der Waals surface area contributed by atoms with Crippen LogP contribution in [0.15, 0.2) is 18.7 Å². The minimum absolute atomic E-state index is 0.0213. The molecule has 8 heteroatoms. The van der Waals surface area contributed by atoms with Crippen LogP contribution >= 0.6 is 0 Å². The standard InChI is InChI=1S/C17H24N6O2/c1-4-23-13(3)15(12(2)20-23)19-16(24)17(25)22-8-5-6-14(22)10-21-9-7-18-11-21/h7,9,11,14H,4-6,8,10H2,1-3H3,(H,19,24). The van der Waals surface area contributed by atoms with Gasteiger partial charge in [0, 0.05) is 32.0 Å². The van der Waals surface area contributed by atoms with Crippen molar-refractivity contribution in [2.75, 3.05) is 11.9 Å². The quantitative estimate of drug-likeness (QED) is 0.849. The Morgan fingerprint density at radius 3 is 2.80 bits per heavy atom. The summed E-state index contributed by atoms with van der Waals surface area (Å²) in [5.74, 6) is -1.08. The minimum atomic E-state index is -0.598. The van der Waals surface area contributed by atoms with Gasteiger partial charge in [-0.1, -0.05) is 0 Å². The maximum Gasteiger partial charge on any atom is 0.314 e. The third-order valence-corrected chi connectivity index (χ3v) is 4.73. The van der Waals surface area contributed by atoms with E-state index in [9.17, 15) is 9.59 Å². The van der Waals surface area contributed by atoms with E-state index in [0.29, 0.717) is 18.8 Å². The number of nitrogens with one attached hydrogen (secondary N) is 1. The van der Waals surface area contributed by atoms with Crippen molar-refractivity contribution in [3.63, 3.8) is 0 Å². The van der Waals surface area contributed by atoms with Crippen LogP contribution in [-0.2, 0) is 22.7 Å². The predicted octanol–water partition coefficient (Wildman–Crippen LogP) is 1.35. The van der Waals surface area contributed by atoms with E-state index in [1.165, 1.54) is 0 Å². The molecule has 0 bridgehead atoms. The highest BCUT2D eigenvalue weighted by Gasteiger charge is 2.33. The summed E-state index contributed by atoms with van der Waals surface area (Å²) in [6.45, 7) is 7.69. The third kappa shape index (κ3) is 3.42. The van der Waals surface area contributed by atoms with E-state index in [1.54, 1.807) is 17.4 Å². The van der Waals surface area contributed by atoms with Crippen LogP contribution in [0, 0.1) is 13.8 Å². The van der Waals surface area contributed by atoms with Gasteiger partial charge in [0.25, 0.3) is 0 Å². The molecule has 0 spiro atoms. The highest BCUT2D eigenvalue weighted by Crippen LogP contribution is 2.22. The SMILES string of the molecule is CCn1nc(C)c(NC(=O)C(=O)N2CCCC2Cn2ccnc2)c1C. The van der Waals surface area contributed by atoms with Crippen LogP contribution in [-0.4, -0.2) is 48.6 Å². The fourth-order valence-corrected chi connectivity index (χ4v) is 3.41. The lowest BCUT2D eigenvalue weighted by atomic mass is 10.2. The van der Waals surface area contributed by atoms with Gasteiger partial charge in [0.2, 0.25) is 0 Å². The number of anilines is 1. The van der Waals surface area contributed by atoms with Gasteiger partial charge < -0.3 is 14.8 Å². The minimum Gasteiger partial charge on any atom is -0.335 e. The van der Waals surface area contributed by atoms with Crippen LogP contribution in [0.1, 0.15) is 31.2 Å². The largest absolute Gasteiger partial charge is 0.335 e. The number of carbonyl (C=O) groups excluding carboxylic acids is 2. The normalized spacial score (nSPS) is 17.1. The van der Waals surface area contributed by atoms with Crippen molar-refractivity contribution in [1.29, 1.82) is 0 Å². The molecule has 3 heterocycles. The first-order chi connectivity index (χ1) is 12.0. The van der Waals surface area contributed by atoms with Gasteiger partial charge in [0.05, 0.1) is 29.4 Å². The maximum atomic E-state index is 12.6. The summed E-state index contributed by atoms with van der Waals surface area (Å²) in [5.41, 5.74) is 2.21. The molecule has 2 aromatic rings. The fourth-order valence-electron chi connectivity index (χ4n) is 3.41. The molecule has 25 heavy (non-hydrogen) atoms. The van der Waals surface area contributed by atoms with Crippen molar-refractivity contribution in [3.05, 3.63) is 30.1 Å². The van der Waals surface area contributed by atoms with Crippen molar-refractivity contribution >= 4 is 17.5 Å². The Kier molecular flexibility index (Phi) is 4.87. The van der Waals surface area contributed by atoms with Gasteiger partial charge in [-0.3, -0.25) is 14.3 Å². The summed E-state index contributed by atoms with van der Waals surface area (Å²) in [6.07, 6.45) is 7.11. The first kappa shape index (κ1) is 17.2. The molecular weight excluding hydrogens is 320 g/mol. The summed E-state index contributed by atoms with van der Waals surface area (Å²) in [4.78, 5) is 30.8. The van der Waals surface area contributed by atoms with E-state index in [-0.39, 0.29) is 6.04 Å². The average Bonchev–Trinajstić information content (AvgIpc) is 3.32. The van der Waals surface area contributed by atoms with Crippen molar-refractivity contribution in [2.45, 2.75) is 52.7 Å². The third-order valence-electron chi connectivity index (χ3n) is 4.73. The molecule has 1 aliphatic rings. The van der Waals surface area contributed by atoms with Crippen LogP contribution in [0.25, 0.3) is 0 Å². The molecule has 1 saturated heterocycles. The molecule has 2 amide bonds. The van der Waals surface area contributed by atoms with E-state index >= 15 is 0 Å². The Hall–Kier alpha value is -2.64. The van der Waals surface area contributed by atoms with Crippen molar-refractivity contribution in [3.8, 4) is 0 Å². The lowest BCUT2D eigenvalue weighted by Gasteiger charge is -2.24. The molecule has 134 valence electrons. The van der Waals surface area contributed by atoms with Gasteiger partial charge in [-0.25, -0.2) is 4.98 Å². The lowest BCUT2D eigenvalue weighted by molar-refractivity contribution is -0.143. The molecule has 1 N–H and O–H groups in total. The van der Waals surface area contributed by atoms with Crippen LogP contribution in [0.2, 0.25) is 0 Å². The van der Waals surface area contributed by atoms with E-state index in [1.807, 2.05) is 36.2 Å². The van der Waals surface area contributed by atoms with E-state index < -0.39 is 11.8 Å². The van der Waals surface area contributed by atoms with Crippen LogP contribution in [0.4, 0.5) is 5.69 Å². The Labute approximate surface area is 146 Å². The summed E-state index contributed by atoms with van der Waals surface area (Å²) >= 11 is 0. The topological polar surface area (TPSA) is 85.0 Å². The number of carbonyl (C=O) groups is 2. The van der Waals surface area contributed by atoms with Gasteiger partial charge >= 0.3 is 11.8 Å². The molecule has 1 fully saturated rings. The fraction of sp³-hybridized carbons (Fsp3) is 0.529. The van der Waals surface area contributed by atoms with Crippen LogP contribution in [0.5, 0.6) is 0 Å². The maximum absolute atomic E-state index is 12.6. The highest BCUT2D eigenvalue weighted by molar-refractivity contribution is 6.39. The monoisotopic (exact) mass is 344 g/mol. The van der Waals surface area contributed by atoms with Gasteiger partial charge in [-0.2, -0.15) is 5.10 Å². The zero-order valence-electron chi connectivity index (χ0n) is 14.9. The van der Waals surface area contributed by atoms with Crippen molar-refractivity contribution in [2.24, 2.45) is 0 Å². The van der Waals surface area contributed by atoms with E-state index in [2.05, 4.69) is 15.4 Å². The number of hydrogen-bond acceptors (Lipinski definition) is 4. The number of aromatic nitrogens is 4. The molecule has 0 saturated carbocycles. The molecule has 3 rings (SSSR count). The molecule has 0 aromatic carbocycles. The summed E-state index contributed by atoms with van der Waals surface area (Å²) in [5, 5.41) is 7.13. The van der Waals surface area contributed by atoms with Gasteiger partial charge in [-0.05, 0) is 33.6 Å². The van der Waals surface area contributed by atoms with Gasteiger partial charge in [-0.15, -0.1) is 0 Å². The molecule has 1 atom stereocenters. The molecular formula is C17H24N6O2. The van der Waals surface area contributed by atoms with E-state index in [4.69, 9.17) is 0 Å². The Balaban J connectivity index is 1.69. The zero-order valence-corrected chi connectivity index (χ0v) is 14.9. The molecule has 1 aliphatic heterocycles. The summed E-state index contributed by atoms with van der Waals surface area (Å²) in [7, 11) is 0. The van der Waals surface area contributed by atoms with Crippen molar-refractivity contribution in [1.82, 2.24) is 24.2 Å². The number of nitrogens with zero attached hydrogens (tertiary/aromatic N) is 5. The smallest absolute Gasteiger partial charge is 0.314 e. The number of amides is 2. The molecule has 0 radical (unpaired) electrons. The summed E-state index contributed by atoms with van der Waals surface area (Å²) in [6, 6.07) is 0.0213. The number of rotatable bonds is 4. The number of hydrogen-bond donors (Lipinski definition) is 1. The number of imidazole rings is 1.